The lowest BCUT2D eigenvalue weighted by Gasteiger charge is -2.07. The molecule has 0 amide bonds. The highest BCUT2D eigenvalue weighted by Gasteiger charge is 2.21. The van der Waals surface area contributed by atoms with Gasteiger partial charge in [0.15, 0.2) is 0 Å². The summed E-state index contributed by atoms with van der Waals surface area (Å²) < 4.78 is 16.2. The monoisotopic (exact) mass is 378 g/mol. The van der Waals surface area contributed by atoms with Gasteiger partial charge < -0.3 is 14.2 Å². The van der Waals surface area contributed by atoms with E-state index in [9.17, 15) is 9.59 Å². The average Bonchev–Trinajstić information content (AvgIpc) is 3.06. The number of hydrogen-bond acceptors (Lipinski definition) is 7. The van der Waals surface area contributed by atoms with Crippen molar-refractivity contribution in [2.45, 2.75) is 10.8 Å². The topological polar surface area (TPSA) is 61.8 Å². The number of methoxy groups -OCH3 is 2. The highest BCUT2D eigenvalue weighted by Crippen LogP contribution is 2.37. The van der Waals surface area contributed by atoms with Gasteiger partial charge in [-0.25, -0.2) is 9.59 Å². The van der Waals surface area contributed by atoms with Crippen LogP contribution in [0.5, 0.6) is 5.75 Å². The second kappa shape index (κ2) is 9.29. The third kappa shape index (κ3) is 5.11. The molecule has 2 aromatic rings. The lowest BCUT2D eigenvalue weighted by molar-refractivity contribution is -0.143. The number of thiophene rings is 1. The van der Waals surface area contributed by atoms with E-state index in [-0.39, 0.29) is 5.57 Å². The van der Waals surface area contributed by atoms with E-state index in [2.05, 4.69) is 9.47 Å². The van der Waals surface area contributed by atoms with E-state index in [0.29, 0.717) is 17.2 Å². The lowest BCUT2D eigenvalue weighted by Crippen LogP contribution is -2.15. The first-order valence-electron chi connectivity index (χ1n) is 7.32. The zero-order valence-corrected chi connectivity index (χ0v) is 15.7. The third-order valence-electron chi connectivity index (χ3n) is 3.23. The molecule has 0 atom stereocenters. The fraction of sp³-hybridized carbons (Fsp3) is 0.222. The van der Waals surface area contributed by atoms with Crippen molar-refractivity contribution in [3.8, 4) is 5.75 Å². The standard InChI is InChI=1S/C18H18O5S2/c1-21-17(19)13(18(20)22-2)9-15-14(10-16(24-3)25-15)23-11-12-7-5-4-6-8-12/h4-10H,11H2,1-3H3. The molecule has 2 rings (SSSR count). The number of ether oxygens (including phenoxy) is 3. The first-order valence-corrected chi connectivity index (χ1v) is 9.36. The maximum Gasteiger partial charge on any atom is 0.345 e. The maximum atomic E-state index is 11.9. The Bertz CT molecular complexity index is 747. The molecule has 0 unspecified atom stereocenters. The lowest BCUT2D eigenvalue weighted by atomic mass is 10.2. The Balaban J connectivity index is 2.32. The molecule has 0 bridgehead atoms. The van der Waals surface area contributed by atoms with Crippen LogP contribution in [0.25, 0.3) is 6.08 Å². The third-order valence-corrected chi connectivity index (χ3v) is 5.35. The van der Waals surface area contributed by atoms with Crippen LogP contribution in [0, 0.1) is 0 Å². The molecule has 0 aliphatic rings. The summed E-state index contributed by atoms with van der Waals surface area (Å²) in [7, 11) is 2.43. The minimum Gasteiger partial charge on any atom is -0.487 e. The number of carbonyl (C=O) groups excluding carboxylic acids is 2. The smallest absolute Gasteiger partial charge is 0.345 e. The number of thioether (sulfide) groups is 1. The van der Waals surface area contributed by atoms with Crippen LogP contribution in [0.4, 0.5) is 0 Å². The Morgan fingerprint density at radius 3 is 2.32 bits per heavy atom. The van der Waals surface area contributed by atoms with Gasteiger partial charge in [-0.1, -0.05) is 30.3 Å². The summed E-state index contributed by atoms with van der Waals surface area (Å²) in [6, 6.07) is 11.6. The molecular weight excluding hydrogens is 360 g/mol. The Hall–Kier alpha value is -2.25. The summed E-state index contributed by atoms with van der Waals surface area (Å²) in [5.74, 6) is -0.900. The minimum absolute atomic E-state index is 0.177. The largest absolute Gasteiger partial charge is 0.487 e. The van der Waals surface area contributed by atoms with E-state index in [1.807, 2.05) is 42.7 Å². The van der Waals surface area contributed by atoms with Gasteiger partial charge in [0.2, 0.25) is 0 Å². The van der Waals surface area contributed by atoms with Gasteiger partial charge in [0.05, 0.1) is 23.3 Å². The van der Waals surface area contributed by atoms with Crippen molar-refractivity contribution in [3.63, 3.8) is 0 Å². The van der Waals surface area contributed by atoms with E-state index in [1.165, 1.54) is 31.6 Å². The summed E-state index contributed by atoms with van der Waals surface area (Å²) in [4.78, 5) is 24.4. The van der Waals surface area contributed by atoms with Crippen molar-refractivity contribution in [2.75, 3.05) is 20.5 Å². The van der Waals surface area contributed by atoms with Crippen LogP contribution in [0.1, 0.15) is 10.4 Å². The molecule has 0 aliphatic heterocycles. The van der Waals surface area contributed by atoms with Crippen LogP contribution in [-0.2, 0) is 25.7 Å². The Morgan fingerprint density at radius 2 is 1.76 bits per heavy atom. The number of hydrogen-bond donors (Lipinski definition) is 0. The van der Waals surface area contributed by atoms with Crippen molar-refractivity contribution >= 4 is 41.1 Å². The van der Waals surface area contributed by atoms with Crippen LogP contribution in [0.2, 0.25) is 0 Å². The van der Waals surface area contributed by atoms with E-state index in [0.717, 1.165) is 9.77 Å². The van der Waals surface area contributed by atoms with Crippen molar-refractivity contribution in [1.82, 2.24) is 0 Å². The Kier molecular flexibility index (Phi) is 7.09. The fourth-order valence-corrected chi connectivity index (χ4v) is 3.57. The molecule has 0 N–H and O–H groups in total. The Morgan fingerprint density at radius 1 is 1.12 bits per heavy atom. The summed E-state index contributed by atoms with van der Waals surface area (Å²) in [5.41, 5.74) is 0.847. The molecule has 1 heterocycles. The fourth-order valence-electron chi connectivity index (χ4n) is 1.97. The first-order chi connectivity index (χ1) is 12.1. The molecular formula is C18H18O5S2. The zero-order chi connectivity index (χ0) is 18.2. The number of esters is 2. The number of carbonyl (C=O) groups is 2. The molecule has 25 heavy (non-hydrogen) atoms. The van der Waals surface area contributed by atoms with E-state index in [1.54, 1.807) is 11.8 Å². The molecule has 0 saturated heterocycles. The van der Waals surface area contributed by atoms with Crippen molar-refractivity contribution in [3.05, 3.63) is 52.4 Å². The molecule has 1 aromatic heterocycles. The van der Waals surface area contributed by atoms with Crippen molar-refractivity contribution < 1.29 is 23.8 Å². The van der Waals surface area contributed by atoms with Crippen LogP contribution in [0.3, 0.4) is 0 Å². The van der Waals surface area contributed by atoms with Gasteiger partial charge in [-0.15, -0.1) is 23.1 Å². The van der Waals surface area contributed by atoms with Crippen LogP contribution < -0.4 is 4.74 Å². The predicted octanol–water partition coefficient (Wildman–Crippen LogP) is 3.78. The average molecular weight is 378 g/mol. The van der Waals surface area contributed by atoms with Gasteiger partial charge in [0.1, 0.15) is 17.9 Å². The molecule has 1 aromatic carbocycles. The maximum absolute atomic E-state index is 11.9. The first kappa shape index (κ1) is 19.1. The summed E-state index contributed by atoms with van der Waals surface area (Å²) in [5, 5.41) is 0. The molecule has 7 heteroatoms. The summed E-state index contributed by atoms with van der Waals surface area (Å²) in [6.07, 6.45) is 3.39. The van der Waals surface area contributed by atoms with Crippen LogP contribution >= 0.6 is 23.1 Å². The molecule has 0 aliphatic carbocycles. The van der Waals surface area contributed by atoms with Gasteiger partial charge in [-0.2, -0.15) is 0 Å². The second-order valence-electron chi connectivity index (χ2n) is 4.81. The second-order valence-corrected chi connectivity index (χ2v) is 7.00. The van der Waals surface area contributed by atoms with Crippen molar-refractivity contribution in [1.29, 1.82) is 0 Å². The zero-order valence-electron chi connectivity index (χ0n) is 14.1. The van der Waals surface area contributed by atoms with E-state index >= 15 is 0 Å². The van der Waals surface area contributed by atoms with Crippen LogP contribution in [0.15, 0.2) is 46.2 Å². The quantitative estimate of drug-likeness (QED) is 0.240. The molecule has 0 radical (unpaired) electrons. The van der Waals surface area contributed by atoms with E-state index in [4.69, 9.17) is 4.74 Å². The van der Waals surface area contributed by atoms with Crippen molar-refractivity contribution in [2.24, 2.45) is 0 Å². The van der Waals surface area contributed by atoms with Gasteiger partial charge in [0.25, 0.3) is 0 Å². The molecule has 5 nitrogen and oxygen atoms in total. The normalized spacial score (nSPS) is 10.0. The predicted molar refractivity (Wildman–Crippen MR) is 98.9 cm³/mol. The van der Waals surface area contributed by atoms with Gasteiger partial charge >= 0.3 is 11.9 Å². The minimum atomic E-state index is -0.750. The van der Waals surface area contributed by atoms with Crippen LogP contribution in [-0.4, -0.2) is 32.4 Å². The SMILES string of the molecule is COC(=O)C(=Cc1sc(SC)cc1OCc1ccccc1)C(=O)OC. The molecule has 0 spiro atoms. The van der Waals surface area contributed by atoms with Gasteiger partial charge in [-0.3, -0.25) is 0 Å². The molecule has 0 saturated carbocycles. The number of benzene rings is 1. The van der Waals surface area contributed by atoms with Gasteiger partial charge in [0, 0.05) is 6.07 Å². The molecule has 0 fully saturated rings. The van der Waals surface area contributed by atoms with Gasteiger partial charge in [-0.05, 0) is 17.9 Å². The number of rotatable bonds is 7. The summed E-state index contributed by atoms with van der Waals surface area (Å²) >= 11 is 2.98. The van der Waals surface area contributed by atoms with E-state index < -0.39 is 11.9 Å². The molecule has 132 valence electrons. The highest BCUT2D eigenvalue weighted by atomic mass is 32.2. The highest BCUT2D eigenvalue weighted by molar-refractivity contribution is 8.00. The summed E-state index contributed by atoms with van der Waals surface area (Å²) in [6.45, 7) is 0.387. The Labute approximate surface area is 154 Å².